The molecule has 2 aromatic rings. The highest BCUT2D eigenvalue weighted by molar-refractivity contribution is 7.11. The van der Waals surface area contributed by atoms with Gasteiger partial charge in [-0.25, -0.2) is 13.8 Å². The van der Waals surface area contributed by atoms with E-state index in [1.807, 2.05) is 13.8 Å². The lowest BCUT2D eigenvalue weighted by Gasteiger charge is -2.09. The molecule has 0 radical (unpaired) electrons. The van der Waals surface area contributed by atoms with Gasteiger partial charge in [0.1, 0.15) is 0 Å². The number of benzene rings is 1. The number of aliphatic hydroxyl groups excluding tert-OH is 1. The molecule has 0 saturated carbocycles. The Bertz CT molecular complexity index is 568. The summed E-state index contributed by atoms with van der Waals surface area (Å²) in [5.74, 6) is -1.77. The van der Waals surface area contributed by atoms with Gasteiger partial charge in [0, 0.05) is 6.42 Å². The van der Waals surface area contributed by atoms with Crippen LogP contribution in [0.5, 0.6) is 0 Å². The Kier molecular flexibility index (Phi) is 3.73. The Balaban J connectivity index is 2.18. The van der Waals surface area contributed by atoms with Crippen molar-refractivity contribution in [2.45, 2.75) is 26.4 Å². The van der Waals surface area contributed by atoms with E-state index in [1.54, 1.807) is 0 Å². The third-order valence-corrected chi connectivity index (χ3v) is 3.83. The number of aryl methyl sites for hydroxylation is 2. The average Bonchev–Trinajstić information content (AvgIpc) is 2.63. The van der Waals surface area contributed by atoms with E-state index in [2.05, 4.69) is 4.98 Å². The van der Waals surface area contributed by atoms with Crippen LogP contribution >= 0.6 is 11.3 Å². The highest BCUT2D eigenvalue weighted by Crippen LogP contribution is 2.27. The van der Waals surface area contributed by atoms with Crippen molar-refractivity contribution in [1.82, 2.24) is 4.98 Å². The van der Waals surface area contributed by atoms with Crippen molar-refractivity contribution in [3.8, 4) is 0 Å². The average molecular weight is 269 g/mol. The van der Waals surface area contributed by atoms with Crippen LogP contribution in [0, 0.1) is 25.5 Å². The van der Waals surface area contributed by atoms with Gasteiger partial charge in [-0.2, -0.15) is 0 Å². The van der Waals surface area contributed by atoms with E-state index < -0.39 is 17.7 Å². The zero-order valence-electron chi connectivity index (χ0n) is 10.1. The normalized spacial score (nSPS) is 12.7. The van der Waals surface area contributed by atoms with Crippen molar-refractivity contribution in [2.24, 2.45) is 0 Å². The van der Waals surface area contributed by atoms with E-state index in [-0.39, 0.29) is 6.42 Å². The maximum atomic E-state index is 13.0. The third kappa shape index (κ3) is 2.73. The quantitative estimate of drug-likeness (QED) is 0.927. The van der Waals surface area contributed by atoms with Gasteiger partial charge in [0.15, 0.2) is 11.6 Å². The van der Waals surface area contributed by atoms with Crippen LogP contribution in [0.4, 0.5) is 8.78 Å². The Morgan fingerprint density at radius 2 is 2.00 bits per heavy atom. The summed E-state index contributed by atoms with van der Waals surface area (Å²) >= 11 is 1.42. The molecule has 1 atom stereocenters. The SMILES string of the molecule is Cc1nc(C)c(C(O)Cc2ccc(F)c(F)c2)s1. The topological polar surface area (TPSA) is 33.1 Å². The predicted octanol–water partition coefficient (Wildman–Crippen LogP) is 3.31. The number of aromatic nitrogens is 1. The maximum absolute atomic E-state index is 13.0. The zero-order valence-corrected chi connectivity index (χ0v) is 10.9. The van der Waals surface area contributed by atoms with Crippen molar-refractivity contribution in [3.63, 3.8) is 0 Å². The summed E-state index contributed by atoms with van der Waals surface area (Å²) in [5, 5.41) is 11.0. The lowest BCUT2D eigenvalue weighted by atomic mass is 10.1. The van der Waals surface area contributed by atoms with Gasteiger partial charge in [-0.15, -0.1) is 11.3 Å². The molecule has 0 fully saturated rings. The number of nitrogens with zero attached hydrogens (tertiary/aromatic N) is 1. The van der Waals surface area contributed by atoms with Gasteiger partial charge in [-0.1, -0.05) is 6.07 Å². The van der Waals surface area contributed by atoms with Crippen LogP contribution in [0.3, 0.4) is 0 Å². The van der Waals surface area contributed by atoms with E-state index in [0.717, 1.165) is 27.7 Å². The van der Waals surface area contributed by atoms with Crippen molar-refractivity contribution in [1.29, 1.82) is 0 Å². The molecule has 0 bridgehead atoms. The van der Waals surface area contributed by atoms with Gasteiger partial charge in [0.05, 0.1) is 21.7 Å². The van der Waals surface area contributed by atoms with Crippen molar-refractivity contribution in [3.05, 3.63) is 51.0 Å². The second kappa shape index (κ2) is 5.12. The summed E-state index contributed by atoms with van der Waals surface area (Å²) in [6, 6.07) is 3.66. The minimum Gasteiger partial charge on any atom is -0.387 e. The summed E-state index contributed by atoms with van der Waals surface area (Å²) in [7, 11) is 0. The van der Waals surface area contributed by atoms with E-state index >= 15 is 0 Å². The van der Waals surface area contributed by atoms with Gasteiger partial charge in [0.2, 0.25) is 0 Å². The van der Waals surface area contributed by atoms with Gasteiger partial charge < -0.3 is 5.11 Å². The van der Waals surface area contributed by atoms with Gasteiger partial charge in [-0.3, -0.25) is 0 Å². The number of halogens is 2. The molecule has 0 aliphatic rings. The first-order chi connectivity index (χ1) is 8.47. The minimum absolute atomic E-state index is 0.250. The first-order valence-electron chi connectivity index (χ1n) is 5.53. The van der Waals surface area contributed by atoms with E-state index in [1.165, 1.54) is 17.4 Å². The van der Waals surface area contributed by atoms with Gasteiger partial charge in [0.25, 0.3) is 0 Å². The largest absolute Gasteiger partial charge is 0.387 e. The molecule has 0 amide bonds. The Hall–Kier alpha value is -1.33. The predicted molar refractivity (Wildman–Crippen MR) is 66.6 cm³/mol. The number of hydrogen-bond donors (Lipinski definition) is 1. The molecule has 1 unspecified atom stereocenters. The number of hydrogen-bond acceptors (Lipinski definition) is 3. The van der Waals surface area contributed by atoms with Crippen LogP contribution in [0.2, 0.25) is 0 Å². The second-order valence-corrected chi connectivity index (χ2v) is 5.39. The van der Waals surface area contributed by atoms with Crippen LogP contribution in [-0.4, -0.2) is 10.1 Å². The van der Waals surface area contributed by atoms with Crippen molar-refractivity contribution in [2.75, 3.05) is 0 Å². The summed E-state index contributed by atoms with van der Waals surface area (Å²) in [5.41, 5.74) is 1.35. The molecule has 96 valence electrons. The van der Waals surface area contributed by atoms with Crippen LogP contribution in [-0.2, 0) is 6.42 Å². The third-order valence-electron chi connectivity index (χ3n) is 2.66. The molecular weight excluding hydrogens is 256 g/mol. The highest BCUT2D eigenvalue weighted by atomic mass is 32.1. The Labute approximate surface area is 108 Å². The Morgan fingerprint density at radius 1 is 1.28 bits per heavy atom. The molecule has 1 aromatic carbocycles. The zero-order chi connectivity index (χ0) is 13.3. The fraction of sp³-hybridized carbons (Fsp3) is 0.308. The maximum Gasteiger partial charge on any atom is 0.159 e. The summed E-state index contributed by atoms with van der Waals surface area (Å²) in [6.45, 7) is 3.69. The van der Waals surface area contributed by atoms with E-state index in [0.29, 0.717) is 5.56 Å². The fourth-order valence-electron chi connectivity index (χ4n) is 1.84. The minimum atomic E-state index is -0.892. The number of aliphatic hydroxyl groups is 1. The van der Waals surface area contributed by atoms with Crippen LogP contribution in [0.25, 0.3) is 0 Å². The fourth-order valence-corrected chi connectivity index (χ4v) is 2.75. The van der Waals surface area contributed by atoms with Crippen LogP contribution in [0.1, 0.15) is 27.2 Å². The van der Waals surface area contributed by atoms with E-state index in [4.69, 9.17) is 0 Å². The summed E-state index contributed by atoms with van der Waals surface area (Å²) in [4.78, 5) is 5.01. The molecule has 0 saturated heterocycles. The first-order valence-corrected chi connectivity index (χ1v) is 6.35. The van der Waals surface area contributed by atoms with Gasteiger partial charge in [-0.05, 0) is 31.5 Å². The van der Waals surface area contributed by atoms with Gasteiger partial charge >= 0.3 is 0 Å². The molecule has 2 nitrogen and oxygen atoms in total. The lowest BCUT2D eigenvalue weighted by Crippen LogP contribution is -2.02. The Morgan fingerprint density at radius 3 is 2.56 bits per heavy atom. The molecule has 1 N–H and O–H groups in total. The molecule has 2 rings (SSSR count). The first kappa shape index (κ1) is 13.1. The molecule has 0 aliphatic heterocycles. The summed E-state index contributed by atoms with van der Waals surface area (Å²) < 4.78 is 25.8. The number of rotatable bonds is 3. The molecule has 0 spiro atoms. The molecule has 1 heterocycles. The van der Waals surface area contributed by atoms with Crippen LogP contribution in [0.15, 0.2) is 18.2 Å². The smallest absolute Gasteiger partial charge is 0.159 e. The van der Waals surface area contributed by atoms with E-state index in [9.17, 15) is 13.9 Å². The second-order valence-electron chi connectivity index (χ2n) is 4.15. The lowest BCUT2D eigenvalue weighted by molar-refractivity contribution is 0.181. The van der Waals surface area contributed by atoms with Crippen LogP contribution < -0.4 is 0 Å². The molecular formula is C13H13F2NOS. The standard InChI is InChI=1S/C13H13F2NOS/c1-7-13(18-8(2)16-7)12(17)6-9-3-4-10(14)11(15)5-9/h3-5,12,17H,6H2,1-2H3. The summed E-state index contributed by atoms with van der Waals surface area (Å²) in [6.07, 6.45) is -0.485. The molecule has 5 heteroatoms. The molecule has 0 aliphatic carbocycles. The number of thiazole rings is 1. The molecule has 1 aromatic heterocycles. The van der Waals surface area contributed by atoms with Crippen molar-refractivity contribution >= 4 is 11.3 Å². The molecule has 18 heavy (non-hydrogen) atoms. The highest BCUT2D eigenvalue weighted by Gasteiger charge is 2.16. The monoisotopic (exact) mass is 269 g/mol. The van der Waals surface area contributed by atoms with Crippen molar-refractivity contribution < 1.29 is 13.9 Å².